The van der Waals surface area contributed by atoms with Crippen molar-refractivity contribution in [2.45, 2.75) is 13.1 Å². The van der Waals surface area contributed by atoms with Gasteiger partial charge in [0.15, 0.2) is 5.75 Å². The zero-order chi connectivity index (χ0) is 17.3. The van der Waals surface area contributed by atoms with Crippen LogP contribution in [-0.2, 0) is 11.0 Å². The van der Waals surface area contributed by atoms with Crippen molar-refractivity contribution in [2.75, 3.05) is 11.4 Å². The van der Waals surface area contributed by atoms with Crippen LogP contribution < -0.4 is 9.64 Å². The van der Waals surface area contributed by atoms with Gasteiger partial charge in [0, 0.05) is 6.92 Å². The molecule has 0 radical (unpaired) electrons. The summed E-state index contributed by atoms with van der Waals surface area (Å²) in [5, 5.41) is 0. The zero-order valence-electron chi connectivity index (χ0n) is 12.8. The smallest absolute Gasteiger partial charge is 0.416 e. The van der Waals surface area contributed by atoms with Crippen LogP contribution in [0.25, 0.3) is 6.08 Å². The number of ether oxygens (including phenoxy) is 1. The molecule has 6 heteroatoms. The molecule has 0 spiro atoms. The summed E-state index contributed by atoms with van der Waals surface area (Å²) in [5.74, 6) is 0.893. The Hall–Kier alpha value is -2.76. The Kier molecular flexibility index (Phi) is 4.05. The Bertz CT molecular complexity index is 795. The Morgan fingerprint density at radius 1 is 1.12 bits per heavy atom. The lowest BCUT2D eigenvalue weighted by atomic mass is 10.1. The Morgan fingerprint density at radius 3 is 2.42 bits per heavy atom. The molecule has 0 N–H and O–H groups in total. The molecular formula is C18H14F3NO2. The third kappa shape index (κ3) is 3.27. The second-order valence-corrected chi connectivity index (χ2v) is 5.41. The number of hydrogen-bond donors (Lipinski definition) is 0. The van der Waals surface area contributed by atoms with Gasteiger partial charge in [-0.15, -0.1) is 0 Å². The molecule has 3 nitrogen and oxygen atoms in total. The fourth-order valence-electron chi connectivity index (χ4n) is 2.49. The molecule has 1 amide bonds. The van der Waals surface area contributed by atoms with Crippen LogP contribution in [0, 0.1) is 0 Å². The maximum Gasteiger partial charge on any atom is 0.416 e. The number of para-hydroxylation sites is 2. The minimum atomic E-state index is -4.36. The molecule has 2 aromatic carbocycles. The second-order valence-electron chi connectivity index (χ2n) is 5.41. The van der Waals surface area contributed by atoms with Crippen LogP contribution in [-0.4, -0.2) is 12.5 Å². The number of alkyl halides is 3. The van der Waals surface area contributed by atoms with Gasteiger partial charge in [-0.05, 0) is 35.9 Å². The van der Waals surface area contributed by atoms with E-state index in [9.17, 15) is 18.0 Å². The van der Waals surface area contributed by atoms with Crippen LogP contribution in [0.1, 0.15) is 18.1 Å². The lowest BCUT2D eigenvalue weighted by Gasteiger charge is -2.30. The van der Waals surface area contributed by atoms with E-state index in [1.54, 1.807) is 29.2 Å². The van der Waals surface area contributed by atoms with Gasteiger partial charge in [0.2, 0.25) is 5.91 Å². The van der Waals surface area contributed by atoms with Gasteiger partial charge >= 0.3 is 6.18 Å². The van der Waals surface area contributed by atoms with Gasteiger partial charge in [-0.25, -0.2) is 0 Å². The average Bonchev–Trinajstić information content (AvgIpc) is 2.53. The molecule has 24 heavy (non-hydrogen) atoms. The third-order valence-electron chi connectivity index (χ3n) is 3.66. The topological polar surface area (TPSA) is 29.5 Å². The maximum absolute atomic E-state index is 12.6. The second kappa shape index (κ2) is 6.03. The molecule has 1 aliphatic heterocycles. The van der Waals surface area contributed by atoms with E-state index < -0.39 is 11.7 Å². The van der Waals surface area contributed by atoms with E-state index in [-0.39, 0.29) is 12.5 Å². The number of halogens is 3. The van der Waals surface area contributed by atoms with Gasteiger partial charge in [-0.1, -0.05) is 24.3 Å². The highest BCUT2D eigenvalue weighted by Crippen LogP contribution is 2.35. The van der Waals surface area contributed by atoms with Crippen LogP contribution in [0.2, 0.25) is 0 Å². The van der Waals surface area contributed by atoms with Crippen LogP contribution >= 0.6 is 0 Å². The minimum absolute atomic E-state index is 0.135. The number of fused-ring (bicyclic) bond motifs is 1. The maximum atomic E-state index is 12.6. The first-order chi connectivity index (χ1) is 11.3. The van der Waals surface area contributed by atoms with E-state index in [1.165, 1.54) is 19.1 Å². The normalized spacial score (nSPS) is 15.8. The lowest BCUT2D eigenvalue weighted by molar-refractivity contribution is -0.137. The van der Waals surface area contributed by atoms with Crippen molar-refractivity contribution in [3.05, 3.63) is 65.4 Å². The van der Waals surface area contributed by atoms with E-state index in [0.29, 0.717) is 22.8 Å². The van der Waals surface area contributed by atoms with Crippen molar-refractivity contribution in [3.8, 4) is 5.75 Å². The number of hydrogen-bond acceptors (Lipinski definition) is 2. The summed E-state index contributed by atoms with van der Waals surface area (Å²) < 4.78 is 43.6. The molecule has 0 saturated heterocycles. The highest BCUT2D eigenvalue weighted by Gasteiger charge is 2.30. The number of benzene rings is 2. The summed E-state index contributed by atoms with van der Waals surface area (Å²) in [6.45, 7) is 1.69. The van der Waals surface area contributed by atoms with Crippen LogP contribution in [0.4, 0.5) is 18.9 Å². The molecule has 0 bridgehead atoms. The molecule has 0 aromatic heterocycles. The van der Waals surface area contributed by atoms with Gasteiger partial charge in [-0.3, -0.25) is 4.79 Å². The highest BCUT2D eigenvalue weighted by molar-refractivity contribution is 5.94. The number of carbonyl (C=O) groups excluding carboxylic acids is 1. The molecule has 1 heterocycles. The molecule has 1 aliphatic rings. The first kappa shape index (κ1) is 16.1. The summed E-state index contributed by atoms with van der Waals surface area (Å²) in [6, 6.07) is 11.9. The molecule has 0 unspecified atom stereocenters. The number of rotatable bonds is 1. The monoisotopic (exact) mass is 333 g/mol. The number of nitrogens with zero attached hydrogens (tertiary/aromatic N) is 1. The minimum Gasteiger partial charge on any atom is -0.458 e. The van der Waals surface area contributed by atoms with E-state index in [0.717, 1.165) is 12.1 Å². The standard InChI is InChI=1S/C18H14F3NO2/c1-12(23)22-11-15(24-17-5-3-2-4-16(17)22)10-13-6-8-14(9-7-13)18(19,20)21/h2-10H,11H2,1H3/b15-10+. The summed E-state index contributed by atoms with van der Waals surface area (Å²) >= 11 is 0. The molecule has 2 aromatic rings. The lowest BCUT2D eigenvalue weighted by Crippen LogP contribution is -2.35. The van der Waals surface area contributed by atoms with Gasteiger partial charge in [0.25, 0.3) is 0 Å². The van der Waals surface area contributed by atoms with Crippen molar-refractivity contribution in [3.63, 3.8) is 0 Å². The summed E-state index contributed by atoms with van der Waals surface area (Å²) in [5.41, 5.74) is 0.542. The van der Waals surface area contributed by atoms with Crippen LogP contribution in [0.15, 0.2) is 54.3 Å². The zero-order valence-corrected chi connectivity index (χ0v) is 12.8. The van der Waals surface area contributed by atoms with E-state index in [2.05, 4.69) is 0 Å². The van der Waals surface area contributed by atoms with Crippen LogP contribution in [0.3, 0.4) is 0 Å². The fourth-order valence-corrected chi connectivity index (χ4v) is 2.49. The quantitative estimate of drug-likeness (QED) is 0.769. The van der Waals surface area contributed by atoms with Gasteiger partial charge in [0.05, 0.1) is 17.8 Å². The van der Waals surface area contributed by atoms with E-state index >= 15 is 0 Å². The molecule has 0 atom stereocenters. The molecule has 124 valence electrons. The van der Waals surface area contributed by atoms with Crippen molar-refractivity contribution < 1.29 is 22.7 Å². The molecule has 3 rings (SSSR count). The molecule has 0 fully saturated rings. The largest absolute Gasteiger partial charge is 0.458 e. The van der Waals surface area contributed by atoms with Gasteiger partial charge < -0.3 is 9.64 Å². The SMILES string of the molecule is CC(=O)N1C/C(=C\c2ccc(C(F)(F)F)cc2)Oc2ccccc21. The van der Waals surface area contributed by atoms with Crippen LogP contribution in [0.5, 0.6) is 5.75 Å². The summed E-state index contributed by atoms with van der Waals surface area (Å²) in [7, 11) is 0. The van der Waals surface area contributed by atoms with Crippen molar-refractivity contribution in [1.82, 2.24) is 0 Å². The number of amides is 1. The van der Waals surface area contributed by atoms with E-state index in [4.69, 9.17) is 4.74 Å². The Morgan fingerprint density at radius 2 is 1.79 bits per heavy atom. The number of carbonyl (C=O) groups is 1. The van der Waals surface area contributed by atoms with Crippen molar-refractivity contribution in [1.29, 1.82) is 0 Å². The number of anilines is 1. The molecule has 0 aliphatic carbocycles. The molecule has 0 saturated carbocycles. The van der Waals surface area contributed by atoms with Crippen molar-refractivity contribution >= 4 is 17.7 Å². The third-order valence-corrected chi connectivity index (χ3v) is 3.66. The summed E-state index contributed by atoms with van der Waals surface area (Å²) in [6.07, 6.45) is -2.73. The highest BCUT2D eigenvalue weighted by atomic mass is 19.4. The van der Waals surface area contributed by atoms with E-state index in [1.807, 2.05) is 6.07 Å². The molecular weight excluding hydrogens is 319 g/mol. The Balaban J connectivity index is 1.90. The Labute approximate surface area is 137 Å². The fraction of sp³-hybridized carbons (Fsp3) is 0.167. The first-order valence-electron chi connectivity index (χ1n) is 7.27. The van der Waals surface area contributed by atoms with Gasteiger partial charge in [0.1, 0.15) is 5.76 Å². The van der Waals surface area contributed by atoms with Crippen molar-refractivity contribution in [2.24, 2.45) is 0 Å². The average molecular weight is 333 g/mol. The summed E-state index contributed by atoms with van der Waals surface area (Å²) in [4.78, 5) is 13.4. The predicted octanol–water partition coefficient (Wildman–Crippen LogP) is 4.49. The predicted molar refractivity (Wildman–Crippen MR) is 84.5 cm³/mol. The van der Waals surface area contributed by atoms with Gasteiger partial charge in [-0.2, -0.15) is 13.2 Å². The first-order valence-corrected chi connectivity index (χ1v) is 7.27.